The molecule has 108 valence electrons. The number of rotatable bonds is 3. The molecule has 0 bridgehead atoms. The second-order valence-corrected chi connectivity index (χ2v) is 6.95. The summed E-state index contributed by atoms with van der Waals surface area (Å²) in [5.41, 5.74) is 1.15. The normalized spacial score (nSPS) is 43.1. The highest BCUT2D eigenvalue weighted by Crippen LogP contribution is 2.56. The molecule has 0 aromatic heterocycles. The van der Waals surface area contributed by atoms with E-state index in [1.165, 1.54) is 0 Å². The highest BCUT2D eigenvalue weighted by Gasteiger charge is 2.51. The van der Waals surface area contributed by atoms with E-state index < -0.39 is 6.10 Å². The van der Waals surface area contributed by atoms with Crippen molar-refractivity contribution < 1.29 is 14.9 Å². The van der Waals surface area contributed by atoms with Crippen molar-refractivity contribution in [1.82, 2.24) is 0 Å². The van der Waals surface area contributed by atoms with E-state index in [1.807, 2.05) is 0 Å². The zero-order valence-corrected chi connectivity index (χ0v) is 12.4. The molecular weight excluding hydrogens is 240 g/mol. The van der Waals surface area contributed by atoms with Gasteiger partial charge in [-0.2, -0.15) is 0 Å². The number of hydrogen-bond donors (Lipinski definition) is 2. The van der Waals surface area contributed by atoms with Crippen LogP contribution in [0.5, 0.6) is 0 Å². The standard InChI is InChI=1S/C16H26O3/c1-15(2)6-5-11(7-15)16(3)8-14(18)12(9-17)13(16)10-19-4/h5-6,10-12,14,17-18H,7-9H2,1-4H3/b13-10+/t11?,12-,14+,16+/m0/s1. The number of methoxy groups -OCH3 is 1. The molecule has 1 saturated carbocycles. The van der Waals surface area contributed by atoms with Gasteiger partial charge in [0.1, 0.15) is 0 Å². The van der Waals surface area contributed by atoms with Gasteiger partial charge in [0.15, 0.2) is 0 Å². The lowest BCUT2D eigenvalue weighted by Gasteiger charge is -2.34. The van der Waals surface area contributed by atoms with Crippen molar-refractivity contribution in [1.29, 1.82) is 0 Å². The van der Waals surface area contributed by atoms with Gasteiger partial charge in [0.05, 0.1) is 26.1 Å². The predicted octanol–water partition coefficient (Wildman–Crippen LogP) is 2.50. The Morgan fingerprint density at radius 1 is 1.37 bits per heavy atom. The van der Waals surface area contributed by atoms with Crippen molar-refractivity contribution in [3.8, 4) is 0 Å². The van der Waals surface area contributed by atoms with Gasteiger partial charge in [-0.1, -0.05) is 32.9 Å². The molecule has 1 fully saturated rings. The molecule has 3 nitrogen and oxygen atoms in total. The molecule has 0 radical (unpaired) electrons. The maximum Gasteiger partial charge on any atom is 0.0827 e. The van der Waals surface area contributed by atoms with Crippen molar-refractivity contribution in [2.75, 3.05) is 13.7 Å². The van der Waals surface area contributed by atoms with Gasteiger partial charge in [0.2, 0.25) is 0 Å². The molecule has 2 rings (SSSR count). The average Bonchev–Trinajstić information content (AvgIpc) is 2.80. The van der Waals surface area contributed by atoms with Crippen molar-refractivity contribution >= 4 is 0 Å². The Labute approximate surface area is 116 Å². The Hall–Kier alpha value is -0.800. The number of aliphatic hydroxyl groups is 2. The van der Waals surface area contributed by atoms with E-state index in [4.69, 9.17) is 4.74 Å². The number of hydrogen-bond acceptors (Lipinski definition) is 3. The van der Waals surface area contributed by atoms with Gasteiger partial charge in [0, 0.05) is 11.3 Å². The first-order valence-corrected chi connectivity index (χ1v) is 7.05. The van der Waals surface area contributed by atoms with Gasteiger partial charge < -0.3 is 14.9 Å². The van der Waals surface area contributed by atoms with Crippen molar-refractivity contribution in [2.45, 2.75) is 39.7 Å². The van der Waals surface area contributed by atoms with Crippen LogP contribution in [0.4, 0.5) is 0 Å². The molecule has 0 aromatic carbocycles. The van der Waals surface area contributed by atoms with Crippen molar-refractivity contribution in [3.05, 3.63) is 24.0 Å². The second kappa shape index (κ2) is 4.95. The van der Waals surface area contributed by atoms with E-state index in [1.54, 1.807) is 13.4 Å². The Kier molecular flexibility index (Phi) is 3.80. The van der Waals surface area contributed by atoms with Crippen LogP contribution in [0, 0.1) is 22.7 Å². The Bertz CT molecular complexity index is 397. The molecule has 3 heteroatoms. The van der Waals surface area contributed by atoms with Gasteiger partial charge in [-0.25, -0.2) is 0 Å². The Balaban J connectivity index is 2.32. The summed E-state index contributed by atoms with van der Waals surface area (Å²) >= 11 is 0. The minimum Gasteiger partial charge on any atom is -0.504 e. The molecule has 2 N–H and O–H groups in total. The first-order chi connectivity index (χ1) is 8.84. The van der Waals surface area contributed by atoms with Gasteiger partial charge >= 0.3 is 0 Å². The van der Waals surface area contributed by atoms with Crippen LogP contribution in [0.3, 0.4) is 0 Å². The molecule has 0 aliphatic heterocycles. The molecule has 19 heavy (non-hydrogen) atoms. The molecular formula is C16H26O3. The van der Waals surface area contributed by atoms with E-state index in [-0.39, 0.29) is 23.4 Å². The van der Waals surface area contributed by atoms with Crippen LogP contribution >= 0.6 is 0 Å². The number of allylic oxidation sites excluding steroid dienone is 2. The Morgan fingerprint density at radius 3 is 2.53 bits per heavy atom. The summed E-state index contributed by atoms with van der Waals surface area (Å²) in [6, 6.07) is 0. The molecule has 2 aliphatic rings. The summed E-state index contributed by atoms with van der Waals surface area (Å²) in [5, 5.41) is 19.8. The van der Waals surface area contributed by atoms with Crippen LogP contribution in [0.15, 0.2) is 24.0 Å². The topological polar surface area (TPSA) is 49.7 Å². The van der Waals surface area contributed by atoms with Crippen LogP contribution < -0.4 is 0 Å². The van der Waals surface area contributed by atoms with E-state index in [2.05, 4.69) is 32.9 Å². The zero-order valence-electron chi connectivity index (χ0n) is 12.4. The molecule has 0 spiro atoms. The van der Waals surface area contributed by atoms with E-state index in [0.29, 0.717) is 12.3 Å². The fraction of sp³-hybridized carbons (Fsp3) is 0.750. The van der Waals surface area contributed by atoms with E-state index >= 15 is 0 Å². The summed E-state index contributed by atoms with van der Waals surface area (Å²) in [7, 11) is 1.63. The SMILES string of the molecule is CO/C=C1\[C@H](CO)[C@H](O)C[C@]1(C)C1C=CC(C)(C)C1. The smallest absolute Gasteiger partial charge is 0.0827 e. The predicted molar refractivity (Wildman–Crippen MR) is 75.4 cm³/mol. The first kappa shape index (κ1) is 14.6. The summed E-state index contributed by atoms with van der Waals surface area (Å²) in [4.78, 5) is 0. The lowest BCUT2D eigenvalue weighted by atomic mass is 9.70. The number of aliphatic hydroxyl groups excluding tert-OH is 2. The second-order valence-electron chi connectivity index (χ2n) is 6.95. The number of ether oxygens (including phenoxy) is 1. The molecule has 1 unspecified atom stereocenters. The maximum atomic E-state index is 10.2. The van der Waals surface area contributed by atoms with E-state index in [9.17, 15) is 10.2 Å². The minimum atomic E-state index is -0.478. The van der Waals surface area contributed by atoms with Gasteiger partial charge in [-0.15, -0.1) is 0 Å². The summed E-state index contributed by atoms with van der Waals surface area (Å²) in [6.45, 7) is 6.64. The minimum absolute atomic E-state index is 0.0220. The van der Waals surface area contributed by atoms with Crippen molar-refractivity contribution in [2.24, 2.45) is 22.7 Å². The molecule has 2 aliphatic carbocycles. The third kappa shape index (κ3) is 2.46. The molecule has 0 saturated heterocycles. The largest absolute Gasteiger partial charge is 0.504 e. The van der Waals surface area contributed by atoms with Gasteiger partial charge in [-0.3, -0.25) is 0 Å². The molecule has 0 amide bonds. The van der Waals surface area contributed by atoms with Crippen LogP contribution in [0.2, 0.25) is 0 Å². The van der Waals surface area contributed by atoms with Crippen LogP contribution in [-0.4, -0.2) is 30.0 Å². The van der Waals surface area contributed by atoms with Crippen molar-refractivity contribution in [3.63, 3.8) is 0 Å². The first-order valence-electron chi connectivity index (χ1n) is 7.05. The highest BCUT2D eigenvalue weighted by atomic mass is 16.5. The quantitative estimate of drug-likeness (QED) is 0.609. The lowest BCUT2D eigenvalue weighted by Crippen LogP contribution is -2.27. The molecule has 0 heterocycles. The fourth-order valence-electron chi connectivity index (χ4n) is 3.78. The van der Waals surface area contributed by atoms with Crippen LogP contribution in [0.25, 0.3) is 0 Å². The lowest BCUT2D eigenvalue weighted by molar-refractivity contribution is 0.0927. The molecule has 0 aromatic rings. The van der Waals surface area contributed by atoms with E-state index in [0.717, 1.165) is 12.0 Å². The van der Waals surface area contributed by atoms with Gasteiger partial charge in [-0.05, 0) is 29.7 Å². The molecule has 4 atom stereocenters. The maximum absolute atomic E-state index is 10.2. The summed E-state index contributed by atoms with van der Waals surface area (Å²) in [5.74, 6) is 0.206. The Morgan fingerprint density at radius 2 is 2.05 bits per heavy atom. The average molecular weight is 266 g/mol. The fourth-order valence-corrected chi connectivity index (χ4v) is 3.78. The monoisotopic (exact) mass is 266 g/mol. The zero-order chi connectivity index (χ0) is 14.3. The third-order valence-electron chi connectivity index (χ3n) is 4.94. The third-order valence-corrected chi connectivity index (χ3v) is 4.94. The van der Waals surface area contributed by atoms with Gasteiger partial charge in [0.25, 0.3) is 0 Å². The summed E-state index contributed by atoms with van der Waals surface area (Å²) in [6.07, 6.45) is 7.57. The highest BCUT2D eigenvalue weighted by molar-refractivity contribution is 5.28. The summed E-state index contributed by atoms with van der Waals surface area (Å²) < 4.78 is 5.20. The van der Waals surface area contributed by atoms with Crippen LogP contribution in [0.1, 0.15) is 33.6 Å². The van der Waals surface area contributed by atoms with Crippen LogP contribution in [-0.2, 0) is 4.74 Å².